The van der Waals surface area contributed by atoms with Crippen molar-refractivity contribution < 1.29 is 26.3 Å². The second-order valence-electron chi connectivity index (χ2n) is 7.01. The summed E-state index contributed by atoms with van der Waals surface area (Å²) in [4.78, 5) is 0.0659. The van der Waals surface area contributed by atoms with Gasteiger partial charge < -0.3 is 4.74 Å². The Morgan fingerprint density at radius 3 is 2.16 bits per heavy atom. The van der Waals surface area contributed by atoms with Gasteiger partial charge in [0.05, 0.1) is 22.9 Å². The van der Waals surface area contributed by atoms with Gasteiger partial charge in [-0.25, -0.2) is 8.42 Å². The Kier molecular flexibility index (Phi) is 6.38. The van der Waals surface area contributed by atoms with Crippen LogP contribution in [-0.4, -0.2) is 38.1 Å². The molecule has 1 heterocycles. The molecule has 3 aromatic rings. The van der Waals surface area contributed by atoms with Crippen LogP contribution in [0.2, 0.25) is 0 Å². The average molecular weight is 450 g/mol. The molecule has 1 N–H and O–H groups in total. The Balaban J connectivity index is 2.08. The van der Waals surface area contributed by atoms with Gasteiger partial charge in [-0.2, -0.15) is 18.3 Å². The van der Waals surface area contributed by atoms with E-state index in [0.717, 1.165) is 11.1 Å². The van der Waals surface area contributed by atoms with Crippen LogP contribution in [0, 0.1) is 0 Å². The fourth-order valence-electron chi connectivity index (χ4n) is 3.10. The monoisotopic (exact) mass is 450 g/mol. The molecule has 0 unspecified atom stereocenters. The van der Waals surface area contributed by atoms with Gasteiger partial charge in [0.25, 0.3) is 0 Å². The summed E-state index contributed by atoms with van der Waals surface area (Å²) >= 11 is 0. The average Bonchev–Trinajstić information content (AvgIpc) is 3.18. The lowest BCUT2D eigenvalue weighted by atomic mass is 9.97. The van der Waals surface area contributed by atoms with E-state index in [4.69, 9.17) is 4.74 Å². The molecule has 1 aromatic heterocycles. The molecule has 2 aromatic carbocycles. The van der Waals surface area contributed by atoms with Crippen molar-refractivity contribution in [1.29, 1.82) is 0 Å². The van der Waals surface area contributed by atoms with Crippen molar-refractivity contribution >= 4 is 15.4 Å². The molecule has 0 fully saturated rings. The van der Waals surface area contributed by atoms with Crippen LogP contribution < -0.4 is 0 Å². The van der Waals surface area contributed by atoms with Gasteiger partial charge in [0.1, 0.15) is 0 Å². The number of alkyl halides is 3. The van der Waals surface area contributed by atoms with Crippen molar-refractivity contribution in [1.82, 2.24) is 10.2 Å². The van der Waals surface area contributed by atoms with E-state index in [1.807, 2.05) is 6.92 Å². The van der Waals surface area contributed by atoms with Gasteiger partial charge in [-0.3, -0.25) is 5.10 Å². The fourth-order valence-corrected chi connectivity index (χ4v) is 4.27. The first-order valence-electron chi connectivity index (χ1n) is 9.28. The number of nitrogens with zero attached hydrogens (tertiary/aromatic N) is 1. The zero-order valence-electron chi connectivity index (χ0n) is 17.0. The second kappa shape index (κ2) is 8.68. The summed E-state index contributed by atoms with van der Waals surface area (Å²) in [6.45, 7) is 5.68. The van der Waals surface area contributed by atoms with Crippen molar-refractivity contribution in [3.05, 3.63) is 66.4 Å². The number of aromatic amines is 1. The number of allylic oxidation sites excluding steroid dienone is 1. The molecule has 0 aliphatic rings. The van der Waals surface area contributed by atoms with E-state index in [9.17, 15) is 21.6 Å². The maximum absolute atomic E-state index is 13.6. The first-order valence-corrected chi connectivity index (χ1v) is 10.9. The largest absolute Gasteiger partial charge is 0.435 e. The lowest BCUT2D eigenvalue weighted by Gasteiger charge is -2.11. The Labute approximate surface area is 178 Å². The minimum atomic E-state index is -4.67. The van der Waals surface area contributed by atoms with E-state index in [2.05, 4.69) is 16.8 Å². The zero-order valence-corrected chi connectivity index (χ0v) is 17.8. The highest BCUT2D eigenvalue weighted by molar-refractivity contribution is 7.91. The first-order chi connectivity index (χ1) is 14.5. The number of ether oxygens (including phenoxy) is 1. The fraction of sp³-hybridized carbons (Fsp3) is 0.227. The highest BCUT2D eigenvalue weighted by Gasteiger charge is 2.38. The molecule has 0 amide bonds. The van der Waals surface area contributed by atoms with Crippen molar-refractivity contribution in [3.8, 4) is 22.4 Å². The van der Waals surface area contributed by atoms with Crippen molar-refractivity contribution in [2.24, 2.45) is 0 Å². The minimum Gasteiger partial charge on any atom is -0.384 e. The normalized spacial score (nSPS) is 12.2. The maximum Gasteiger partial charge on any atom is 0.435 e. The van der Waals surface area contributed by atoms with Gasteiger partial charge in [0.15, 0.2) is 15.5 Å². The number of halogens is 3. The van der Waals surface area contributed by atoms with Crippen LogP contribution in [0.3, 0.4) is 0 Å². The predicted octanol–water partition coefficient (Wildman–Crippen LogP) is 5.22. The van der Waals surface area contributed by atoms with E-state index in [-0.39, 0.29) is 28.5 Å². The lowest BCUT2D eigenvalue weighted by molar-refractivity contribution is -0.140. The van der Waals surface area contributed by atoms with Crippen LogP contribution in [0.4, 0.5) is 13.2 Å². The van der Waals surface area contributed by atoms with Crippen LogP contribution in [0.25, 0.3) is 28.0 Å². The van der Waals surface area contributed by atoms with Crippen LogP contribution >= 0.6 is 0 Å². The molecular formula is C22H21F3N2O3S. The number of methoxy groups -OCH3 is 1. The molecule has 0 saturated carbocycles. The zero-order chi connectivity index (χ0) is 22.8. The smallest absolute Gasteiger partial charge is 0.384 e. The van der Waals surface area contributed by atoms with Gasteiger partial charge in [-0.05, 0) is 30.2 Å². The summed E-state index contributed by atoms with van der Waals surface area (Å²) in [5.41, 5.74) is 1.33. The van der Waals surface area contributed by atoms with Crippen LogP contribution in [0.1, 0.15) is 18.2 Å². The Hall–Kier alpha value is -2.91. The first kappa shape index (κ1) is 22.8. The summed E-state index contributed by atoms with van der Waals surface area (Å²) in [5, 5.41) is 5.98. The third kappa shape index (κ3) is 4.88. The molecular weight excluding hydrogens is 429 g/mol. The number of nitrogens with one attached hydrogen (secondary N) is 1. The summed E-state index contributed by atoms with van der Waals surface area (Å²) in [7, 11) is -2.15. The Morgan fingerprint density at radius 1 is 1.06 bits per heavy atom. The summed E-state index contributed by atoms with van der Waals surface area (Å²) in [6, 6.07) is 12.2. The molecule has 0 saturated heterocycles. The maximum atomic E-state index is 13.6. The molecule has 164 valence electrons. The van der Waals surface area contributed by atoms with Gasteiger partial charge in [-0.15, -0.1) is 0 Å². The standard InChI is InChI=1S/C22H21F3N2O3S/c1-14(2)15-4-6-16(7-5-15)19-20(26-27-21(19)22(23,24)25)17-8-10-18(11-9-17)31(28,29)13-12-30-3/h4-11H,1,12-13H2,2-3H3,(H,26,27). The molecule has 0 atom stereocenters. The molecule has 3 rings (SSSR count). The van der Waals surface area contributed by atoms with Crippen LogP contribution in [0.5, 0.6) is 0 Å². The van der Waals surface area contributed by atoms with Crippen LogP contribution in [-0.2, 0) is 20.8 Å². The highest BCUT2D eigenvalue weighted by atomic mass is 32.2. The highest BCUT2D eigenvalue weighted by Crippen LogP contribution is 2.41. The number of benzene rings is 2. The number of hydrogen-bond donors (Lipinski definition) is 1. The lowest BCUT2D eigenvalue weighted by Crippen LogP contribution is -2.11. The summed E-state index contributed by atoms with van der Waals surface area (Å²) in [6.07, 6.45) is -4.67. The molecule has 0 spiro atoms. The summed E-state index contributed by atoms with van der Waals surface area (Å²) in [5.74, 6) is -0.189. The van der Waals surface area contributed by atoms with Gasteiger partial charge in [0, 0.05) is 18.2 Å². The second-order valence-corrected chi connectivity index (χ2v) is 9.12. The van der Waals surface area contributed by atoms with Gasteiger partial charge >= 0.3 is 6.18 Å². The van der Waals surface area contributed by atoms with E-state index in [1.54, 1.807) is 24.3 Å². The van der Waals surface area contributed by atoms with E-state index >= 15 is 0 Å². The number of rotatable bonds is 7. The third-order valence-corrected chi connectivity index (χ3v) is 6.45. The molecule has 5 nitrogen and oxygen atoms in total. The van der Waals surface area contributed by atoms with Crippen molar-refractivity contribution in [3.63, 3.8) is 0 Å². The molecule has 0 bridgehead atoms. The topological polar surface area (TPSA) is 72.0 Å². The quantitative estimate of drug-likeness (QED) is 0.536. The number of H-pyrrole nitrogens is 1. The van der Waals surface area contributed by atoms with E-state index in [1.165, 1.54) is 31.4 Å². The van der Waals surface area contributed by atoms with Crippen molar-refractivity contribution in [2.45, 2.75) is 18.0 Å². The molecule has 31 heavy (non-hydrogen) atoms. The number of aromatic nitrogens is 2. The van der Waals surface area contributed by atoms with E-state index < -0.39 is 21.7 Å². The molecule has 0 aliphatic heterocycles. The molecule has 9 heteroatoms. The van der Waals surface area contributed by atoms with Crippen molar-refractivity contribution in [2.75, 3.05) is 19.5 Å². The Morgan fingerprint density at radius 2 is 1.65 bits per heavy atom. The molecule has 0 aliphatic carbocycles. The van der Waals surface area contributed by atoms with Crippen LogP contribution in [0.15, 0.2) is 60.0 Å². The predicted molar refractivity (Wildman–Crippen MR) is 113 cm³/mol. The summed E-state index contributed by atoms with van der Waals surface area (Å²) < 4.78 is 70.3. The third-order valence-electron chi connectivity index (χ3n) is 4.76. The number of hydrogen-bond acceptors (Lipinski definition) is 4. The van der Waals surface area contributed by atoms with E-state index in [0.29, 0.717) is 11.1 Å². The SMILES string of the molecule is C=C(C)c1ccc(-c2c(C(F)(F)F)n[nH]c2-c2ccc(S(=O)(=O)CCOC)cc2)cc1. The Bertz CT molecular complexity index is 1180. The minimum absolute atomic E-state index is 0.0455. The van der Waals surface area contributed by atoms with Gasteiger partial charge in [-0.1, -0.05) is 48.6 Å². The number of sulfone groups is 1. The van der Waals surface area contributed by atoms with Gasteiger partial charge in [0.2, 0.25) is 0 Å². The molecule has 0 radical (unpaired) electrons.